The predicted octanol–water partition coefficient (Wildman–Crippen LogP) is 4.15. The molecule has 1 aromatic carbocycles. The highest BCUT2D eigenvalue weighted by atomic mass is 35.5. The van der Waals surface area contributed by atoms with Gasteiger partial charge in [0.2, 0.25) is 0 Å². The maximum Gasteiger partial charge on any atom is 0.142 e. The van der Waals surface area contributed by atoms with Crippen molar-refractivity contribution in [1.82, 2.24) is 0 Å². The van der Waals surface area contributed by atoms with Gasteiger partial charge in [-0.25, -0.2) is 0 Å². The molecule has 0 spiro atoms. The lowest BCUT2D eigenvalue weighted by Crippen LogP contribution is -2.38. The van der Waals surface area contributed by atoms with E-state index in [-0.39, 0.29) is 17.6 Å². The molecule has 2 atom stereocenters. The largest absolute Gasteiger partial charge is 0.490 e. The highest BCUT2D eigenvalue weighted by Crippen LogP contribution is 2.55. The fourth-order valence-corrected chi connectivity index (χ4v) is 5.13. The minimum absolute atomic E-state index is 0.0362. The van der Waals surface area contributed by atoms with Gasteiger partial charge in [0, 0.05) is 41.5 Å². The normalized spacial score (nSPS) is 28.0. The second kappa shape index (κ2) is 5.56. The summed E-state index contributed by atoms with van der Waals surface area (Å²) in [6, 6.07) is 0. The van der Waals surface area contributed by atoms with E-state index in [1.807, 2.05) is 0 Å². The van der Waals surface area contributed by atoms with Crippen molar-refractivity contribution in [2.75, 3.05) is 6.54 Å². The number of hydrogen-bond donors (Lipinski definition) is 1. The summed E-state index contributed by atoms with van der Waals surface area (Å²) in [6.45, 7) is 4.91. The van der Waals surface area contributed by atoms with Crippen molar-refractivity contribution in [3.05, 3.63) is 21.7 Å². The van der Waals surface area contributed by atoms with Gasteiger partial charge in [-0.05, 0) is 26.7 Å². The number of benzene rings is 1. The van der Waals surface area contributed by atoms with E-state index in [1.165, 1.54) is 30.4 Å². The number of rotatable bonds is 2. The fraction of sp³-hybridized carbons (Fsp3) is 0.684. The van der Waals surface area contributed by atoms with Crippen LogP contribution in [-0.4, -0.2) is 18.8 Å². The van der Waals surface area contributed by atoms with E-state index in [2.05, 4.69) is 13.8 Å². The summed E-state index contributed by atoms with van der Waals surface area (Å²) in [6.07, 6.45) is 8.24. The number of ether oxygens (including phenoxy) is 2. The van der Waals surface area contributed by atoms with E-state index in [4.69, 9.17) is 26.8 Å². The summed E-state index contributed by atoms with van der Waals surface area (Å²) in [7, 11) is 0. The maximum atomic E-state index is 6.69. The van der Waals surface area contributed by atoms with Gasteiger partial charge >= 0.3 is 0 Å². The van der Waals surface area contributed by atoms with Crippen LogP contribution >= 0.6 is 11.6 Å². The van der Waals surface area contributed by atoms with E-state index in [1.54, 1.807) is 0 Å². The van der Waals surface area contributed by atoms with E-state index in [0.717, 1.165) is 47.8 Å². The van der Waals surface area contributed by atoms with Crippen LogP contribution in [0, 0.1) is 0 Å². The summed E-state index contributed by atoms with van der Waals surface area (Å²) in [4.78, 5) is 0. The zero-order chi connectivity index (χ0) is 16.2. The lowest BCUT2D eigenvalue weighted by molar-refractivity contribution is 0.236. The van der Waals surface area contributed by atoms with Crippen molar-refractivity contribution < 1.29 is 9.47 Å². The van der Waals surface area contributed by atoms with Crippen molar-refractivity contribution in [1.29, 1.82) is 0 Å². The van der Waals surface area contributed by atoms with Crippen molar-refractivity contribution in [2.45, 2.75) is 76.4 Å². The molecule has 4 heteroatoms. The van der Waals surface area contributed by atoms with Crippen LogP contribution in [0.15, 0.2) is 0 Å². The Kier molecular flexibility index (Phi) is 3.77. The molecule has 2 aliphatic heterocycles. The Labute approximate surface area is 143 Å². The molecule has 0 aromatic heterocycles. The molecule has 23 heavy (non-hydrogen) atoms. The minimum Gasteiger partial charge on any atom is -0.490 e. The summed E-state index contributed by atoms with van der Waals surface area (Å²) in [5, 5.41) is 0.774. The molecule has 1 aromatic rings. The Hall–Kier alpha value is -0.930. The Balaban J connectivity index is 1.96. The highest BCUT2D eigenvalue weighted by Gasteiger charge is 2.44. The Morgan fingerprint density at radius 3 is 2.26 bits per heavy atom. The smallest absolute Gasteiger partial charge is 0.142 e. The molecule has 0 amide bonds. The lowest BCUT2D eigenvalue weighted by atomic mass is 9.67. The second-order valence-corrected chi connectivity index (χ2v) is 7.99. The van der Waals surface area contributed by atoms with Crippen LogP contribution in [0.3, 0.4) is 0 Å². The minimum atomic E-state index is 0.0362. The zero-order valence-corrected chi connectivity index (χ0v) is 14.8. The maximum absolute atomic E-state index is 6.69. The summed E-state index contributed by atoms with van der Waals surface area (Å²) in [5.74, 6) is 1.94. The Bertz CT molecular complexity index is 598. The van der Waals surface area contributed by atoms with Gasteiger partial charge in [0.05, 0.1) is 5.02 Å². The van der Waals surface area contributed by atoms with Crippen molar-refractivity contribution in [3.63, 3.8) is 0 Å². The van der Waals surface area contributed by atoms with Crippen LogP contribution in [0.25, 0.3) is 0 Å². The average Bonchev–Trinajstić information content (AvgIpc) is 3.11. The van der Waals surface area contributed by atoms with Crippen molar-refractivity contribution >= 4 is 11.6 Å². The first-order chi connectivity index (χ1) is 11.1. The fourth-order valence-electron chi connectivity index (χ4n) is 4.81. The summed E-state index contributed by atoms with van der Waals surface area (Å²) in [5.41, 5.74) is 10.1. The van der Waals surface area contributed by atoms with Gasteiger partial charge in [-0.3, -0.25) is 0 Å². The van der Waals surface area contributed by atoms with E-state index in [0.29, 0.717) is 6.54 Å². The van der Waals surface area contributed by atoms with Crippen LogP contribution in [0.5, 0.6) is 11.5 Å². The van der Waals surface area contributed by atoms with Gasteiger partial charge in [-0.2, -0.15) is 0 Å². The Morgan fingerprint density at radius 1 is 1.00 bits per heavy atom. The third-order valence-electron chi connectivity index (χ3n) is 5.89. The first-order valence-electron chi connectivity index (χ1n) is 8.97. The molecule has 0 bridgehead atoms. The number of fused-ring (bicyclic) bond motifs is 2. The molecule has 2 unspecified atom stereocenters. The molecular weight excluding hydrogens is 310 g/mol. The monoisotopic (exact) mass is 335 g/mol. The summed E-state index contributed by atoms with van der Waals surface area (Å²) >= 11 is 6.69. The second-order valence-electron chi connectivity index (χ2n) is 7.61. The predicted molar refractivity (Wildman–Crippen MR) is 92.9 cm³/mol. The lowest BCUT2D eigenvalue weighted by Gasteiger charge is -2.39. The number of halogens is 1. The number of hydrogen-bond acceptors (Lipinski definition) is 3. The van der Waals surface area contributed by atoms with Gasteiger partial charge in [0.15, 0.2) is 0 Å². The van der Waals surface area contributed by atoms with E-state index < -0.39 is 0 Å². The van der Waals surface area contributed by atoms with E-state index >= 15 is 0 Å². The Morgan fingerprint density at radius 2 is 1.61 bits per heavy atom. The van der Waals surface area contributed by atoms with Crippen LogP contribution in [0.1, 0.15) is 62.6 Å². The van der Waals surface area contributed by atoms with Gasteiger partial charge in [-0.15, -0.1) is 0 Å². The molecule has 3 aliphatic rings. The van der Waals surface area contributed by atoms with Gasteiger partial charge < -0.3 is 15.2 Å². The summed E-state index contributed by atoms with van der Waals surface area (Å²) < 4.78 is 12.4. The molecule has 2 heterocycles. The topological polar surface area (TPSA) is 44.5 Å². The van der Waals surface area contributed by atoms with Crippen LogP contribution in [0.2, 0.25) is 5.02 Å². The van der Waals surface area contributed by atoms with E-state index in [9.17, 15) is 0 Å². The molecular formula is C19H26ClNO2. The first kappa shape index (κ1) is 15.6. The van der Waals surface area contributed by atoms with Crippen LogP contribution < -0.4 is 15.2 Å². The van der Waals surface area contributed by atoms with Gasteiger partial charge in [0.25, 0.3) is 0 Å². The molecule has 1 saturated carbocycles. The van der Waals surface area contributed by atoms with Gasteiger partial charge in [-0.1, -0.05) is 30.9 Å². The third-order valence-corrected chi connectivity index (χ3v) is 6.29. The SMILES string of the molecule is CC1Cc2c(c(Cl)c3c(c2C2(CN)CCCCC2)OC(C)C3)O1. The molecule has 3 nitrogen and oxygen atoms in total. The molecule has 126 valence electrons. The number of nitrogens with two attached hydrogens (primary N) is 1. The zero-order valence-electron chi connectivity index (χ0n) is 14.1. The highest BCUT2D eigenvalue weighted by molar-refractivity contribution is 6.33. The van der Waals surface area contributed by atoms with Gasteiger partial charge in [0.1, 0.15) is 23.7 Å². The molecule has 4 rings (SSSR count). The quantitative estimate of drug-likeness (QED) is 0.883. The molecule has 1 fully saturated rings. The average molecular weight is 336 g/mol. The van der Waals surface area contributed by atoms with Crippen molar-refractivity contribution in [3.8, 4) is 11.5 Å². The molecule has 2 N–H and O–H groups in total. The van der Waals surface area contributed by atoms with Crippen molar-refractivity contribution in [2.24, 2.45) is 5.73 Å². The molecule has 1 aliphatic carbocycles. The third kappa shape index (κ3) is 2.27. The molecule has 0 saturated heterocycles. The standard InChI is InChI=1S/C19H26ClNO2/c1-11-8-13-15(19(10-21)6-4-3-5-7-19)17-14(9-12(2)22-17)16(20)18(13)23-11/h11-12H,3-10,21H2,1-2H3. The first-order valence-corrected chi connectivity index (χ1v) is 9.34. The molecule has 0 radical (unpaired) electrons. The van der Waals surface area contributed by atoms with Crippen LogP contribution in [-0.2, 0) is 18.3 Å². The van der Waals surface area contributed by atoms with Crippen LogP contribution in [0.4, 0.5) is 0 Å².